The van der Waals surface area contributed by atoms with Crippen LogP contribution in [0.1, 0.15) is 23.1 Å². The topological polar surface area (TPSA) is 35.8 Å². The molecule has 2 aromatic carbocycles. The van der Waals surface area contributed by atoms with Crippen LogP contribution in [0.4, 0.5) is 0 Å². The lowest BCUT2D eigenvalue weighted by Crippen LogP contribution is -2.48. The van der Waals surface area contributed by atoms with E-state index in [1.165, 1.54) is 5.56 Å². The third-order valence-corrected chi connectivity index (χ3v) is 6.40. The minimum absolute atomic E-state index is 0.0952. The van der Waals surface area contributed by atoms with Gasteiger partial charge in [-0.2, -0.15) is 0 Å². The van der Waals surface area contributed by atoms with E-state index in [4.69, 9.17) is 0 Å². The quantitative estimate of drug-likeness (QED) is 0.926. The highest BCUT2D eigenvalue weighted by atomic mass is 32.2. The molecule has 2 unspecified atom stereocenters. The van der Waals surface area contributed by atoms with E-state index in [-0.39, 0.29) is 5.25 Å². The van der Waals surface area contributed by atoms with Crippen molar-refractivity contribution in [2.75, 3.05) is 13.1 Å². The van der Waals surface area contributed by atoms with Crippen LogP contribution in [0.2, 0.25) is 0 Å². The van der Waals surface area contributed by atoms with Gasteiger partial charge in [-0.3, -0.25) is 4.99 Å². The predicted molar refractivity (Wildman–Crippen MR) is 100 cm³/mol. The number of thioether (sulfide) groups is 1. The van der Waals surface area contributed by atoms with Crippen molar-refractivity contribution < 1.29 is 5.11 Å². The second-order valence-electron chi connectivity index (χ2n) is 6.49. The first-order valence-electron chi connectivity index (χ1n) is 8.51. The summed E-state index contributed by atoms with van der Waals surface area (Å²) in [4.78, 5) is 6.71. The van der Waals surface area contributed by atoms with Crippen molar-refractivity contribution in [2.45, 2.75) is 30.7 Å². The molecule has 2 atom stereocenters. The van der Waals surface area contributed by atoms with E-state index in [1.807, 2.05) is 18.2 Å². The lowest BCUT2D eigenvalue weighted by atomic mass is 9.90. The van der Waals surface area contributed by atoms with Crippen LogP contribution in [0.25, 0.3) is 0 Å². The Hall–Kier alpha value is -1.78. The molecule has 124 valence electrons. The number of aliphatic hydroxyl groups is 1. The second-order valence-corrected chi connectivity index (χ2v) is 7.66. The summed E-state index contributed by atoms with van der Waals surface area (Å²) >= 11 is 1.74. The van der Waals surface area contributed by atoms with Crippen molar-refractivity contribution in [3.63, 3.8) is 0 Å². The third kappa shape index (κ3) is 2.54. The summed E-state index contributed by atoms with van der Waals surface area (Å²) in [7, 11) is 0. The zero-order valence-corrected chi connectivity index (χ0v) is 14.7. The van der Waals surface area contributed by atoms with Gasteiger partial charge in [0.1, 0.15) is 0 Å². The molecule has 0 saturated carbocycles. The number of rotatable bonds is 4. The summed E-state index contributed by atoms with van der Waals surface area (Å²) in [5.74, 6) is 0. The van der Waals surface area contributed by atoms with E-state index < -0.39 is 5.72 Å². The summed E-state index contributed by atoms with van der Waals surface area (Å²) in [5, 5.41) is 12.9. The Balaban J connectivity index is 1.66. The van der Waals surface area contributed by atoms with Crippen molar-refractivity contribution >= 4 is 16.9 Å². The average Bonchev–Trinajstić information content (AvgIpc) is 3.17. The summed E-state index contributed by atoms with van der Waals surface area (Å²) in [6.45, 7) is 3.66. The predicted octanol–water partition coefficient (Wildman–Crippen LogP) is 3.56. The highest BCUT2D eigenvalue weighted by Gasteiger charge is 2.53. The highest BCUT2D eigenvalue weighted by Crippen LogP contribution is 2.48. The first-order valence-corrected chi connectivity index (χ1v) is 9.38. The van der Waals surface area contributed by atoms with Gasteiger partial charge in [0.05, 0.1) is 11.8 Å². The largest absolute Gasteiger partial charge is 0.366 e. The van der Waals surface area contributed by atoms with E-state index >= 15 is 0 Å². The van der Waals surface area contributed by atoms with Crippen LogP contribution in [0.3, 0.4) is 0 Å². The van der Waals surface area contributed by atoms with Gasteiger partial charge in [0.2, 0.25) is 0 Å². The van der Waals surface area contributed by atoms with Crippen LogP contribution in [0.15, 0.2) is 59.6 Å². The normalized spacial score (nSPS) is 25.7. The van der Waals surface area contributed by atoms with Gasteiger partial charge in [-0.15, -0.1) is 0 Å². The number of fused-ring (bicyclic) bond motifs is 1. The Labute approximate surface area is 147 Å². The first kappa shape index (κ1) is 15.7. The third-order valence-electron chi connectivity index (χ3n) is 4.99. The van der Waals surface area contributed by atoms with Gasteiger partial charge in [-0.05, 0) is 30.9 Å². The molecule has 0 bridgehead atoms. The van der Waals surface area contributed by atoms with Gasteiger partial charge in [-0.25, -0.2) is 0 Å². The lowest BCUT2D eigenvalue weighted by Gasteiger charge is -2.37. The summed E-state index contributed by atoms with van der Waals surface area (Å²) < 4.78 is 0. The van der Waals surface area contributed by atoms with Gasteiger partial charge in [-0.1, -0.05) is 66.4 Å². The van der Waals surface area contributed by atoms with Crippen molar-refractivity contribution in [3.05, 3.63) is 71.3 Å². The van der Waals surface area contributed by atoms with Crippen molar-refractivity contribution in [2.24, 2.45) is 4.99 Å². The fraction of sp³-hybridized carbons (Fsp3) is 0.350. The van der Waals surface area contributed by atoms with E-state index in [2.05, 4.69) is 53.2 Å². The standard InChI is InChI=1S/C20H22N2OS/c1-15-7-5-6-10-17(15)20(23)18(24-19-21-13-14-22(19)20)12-11-16-8-3-2-4-9-16/h2-10,18,23H,11-14H2,1H3. The molecule has 3 nitrogen and oxygen atoms in total. The van der Waals surface area contributed by atoms with Crippen LogP contribution in [0.5, 0.6) is 0 Å². The SMILES string of the molecule is Cc1ccccc1C1(O)C(CCc2ccccc2)SC2=NCCN21. The molecule has 2 heterocycles. The maximum Gasteiger partial charge on any atom is 0.178 e. The average molecular weight is 338 g/mol. The number of hydrogen-bond acceptors (Lipinski definition) is 4. The van der Waals surface area contributed by atoms with Crippen LogP contribution >= 0.6 is 11.8 Å². The van der Waals surface area contributed by atoms with Crippen molar-refractivity contribution in [3.8, 4) is 0 Å². The second kappa shape index (κ2) is 6.26. The molecule has 0 spiro atoms. The smallest absolute Gasteiger partial charge is 0.178 e. The minimum Gasteiger partial charge on any atom is -0.366 e. The van der Waals surface area contributed by atoms with E-state index in [9.17, 15) is 5.11 Å². The molecule has 0 aromatic heterocycles. The fourth-order valence-corrected chi connectivity index (χ4v) is 5.17. The van der Waals surface area contributed by atoms with Crippen LogP contribution in [0, 0.1) is 6.92 Å². The number of nitrogens with zero attached hydrogens (tertiary/aromatic N) is 2. The van der Waals surface area contributed by atoms with Crippen molar-refractivity contribution in [1.29, 1.82) is 0 Å². The molecule has 1 fully saturated rings. The number of aryl methyl sites for hydroxylation is 2. The number of aliphatic imine (C=N–C) groups is 1. The lowest BCUT2D eigenvalue weighted by molar-refractivity contribution is -0.0675. The summed E-state index contributed by atoms with van der Waals surface area (Å²) in [5.41, 5.74) is 2.51. The Morgan fingerprint density at radius 1 is 1.17 bits per heavy atom. The fourth-order valence-electron chi connectivity index (χ4n) is 3.73. The molecular weight excluding hydrogens is 316 g/mol. The van der Waals surface area contributed by atoms with Crippen LogP contribution in [-0.4, -0.2) is 33.5 Å². The zero-order valence-electron chi connectivity index (χ0n) is 13.9. The molecular formula is C20H22N2OS. The van der Waals surface area contributed by atoms with Gasteiger partial charge in [0.25, 0.3) is 0 Å². The van der Waals surface area contributed by atoms with Crippen molar-refractivity contribution in [1.82, 2.24) is 4.90 Å². The molecule has 4 heteroatoms. The number of benzene rings is 2. The summed E-state index contributed by atoms with van der Waals surface area (Å²) in [6, 6.07) is 18.7. The molecule has 2 aliphatic heterocycles. The van der Waals surface area contributed by atoms with Gasteiger partial charge < -0.3 is 10.0 Å². The van der Waals surface area contributed by atoms with E-state index in [0.29, 0.717) is 0 Å². The monoisotopic (exact) mass is 338 g/mol. The minimum atomic E-state index is -0.958. The maximum absolute atomic E-state index is 11.8. The molecule has 2 aliphatic rings. The molecule has 2 aromatic rings. The van der Waals surface area contributed by atoms with Gasteiger partial charge in [0, 0.05) is 12.1 Å². The van der Waals surface area contributed by atoms with Gasteiger partial charge in [0.15, 0.2) is 10.9 Å². The molecule has 24 heavy (non-hydrogen) atoms. The summed E-state index contributed by atoms with van der Waals surface area (Å²) in [6.07, 6.45) is 1.89. The Morgan fingerprint density at radius 2 is 1.92 bits per heavy atom. The Kier molecular flexibility index (Phi) is 4.10. The van der Waals surface area contributed by atoms with Crippen LogP contribution in [-0.2, 0) is 12.1 Å². The Bertz CT molecular complexity index is 761. The molecule has 0 radical (unpaired) electrons. The van der Waals surface area contributed by atoms with E-state index in [1.54, 1.807) is 11.8 Å². The molecule has 1 saturated heterocycles. The first-order chi connectivity index (χ1) is 11.7. The molecule has 0 amide bonds. The number of hydrogen-bond donors (Lipinski definition) is 1. The van der Waals surface area contributed by atoms with Gasteiger partial charge >= 0.3 is 0 Å². The Morgan fingerprint density at radius 3 is 2.71 bits per heavy atom. The van der Waals surface area contributed by atoms with Crippen LogP contribution < -0.4 is 0 Å². The highest BCUT2D eigenvalue weighted by molar-refractivity contribution is 8.14. The zero-order chi connectivity index (χ0) is 16.6. The van der Waals surface area contributed by atoms with E-state index in [0.717, 1.165) is 42.2 Å². The maximum atomic E-state index is 11.8. The molecule has 4 rings (SSSR count). The molecule has 1 N–H and O–H groups in total. The number of amidine groups is 1. The molecule has 0 aliphatic carbocycles.